The van der Waals surface area contributed by atoms with E-state index in [1.165, 1.54) is 49.6 Å². The van der Waals surface area contributed by atoms with Crippen LogP contribution in [0.2, 0.25) is 5.02 Å². The standard InChI is InChI=1S/C19H13ClF3NO6/c1-28-14-9-11(20)6-7-12(14)16(25)17(26)29-18(27)24-13-5-3-2-4-10(13)8-15(24)30-19(21,22)23/h2-9,16,25H,1H3. The Labute approximate surface area is 172 Å². The lowest BCUT2D eigenvalue weighted by Crippen LogP contribution is -2.26. The summed E-state index contributed by atoms with van der Waals surface area (Å²) in [5.41, 5.74) is -0.0445. The number of carbonyl (C=O) groups excluding carboxylic acids is 2. The number of rotatable bonds is 4. The van der Waals surface area contributed by atoms with Gasteiger partial charge in [0.05, 0.1) is 12.6 Å². The van der Waals surface area contributed by atoms with Crippen LogP contribution in [0.4, 0.5) is 18.0 Å². The van der Waals surface area contributed by atoms with Crippen molar-refractivity contribution in [3.05, 3.63) is 59.1 Å². The number of para-hydroxylation sites is 1. The fraction of sp³-hybridized carbons (Fsp3) is 0.158. The Hall–Kier alpha value is -3.24. The number of aliphatic hydroxyl groups is 1. The van der Waals surface area contributed by atoms with E-state index >= 15 is 0 Å². The summed E-state index contributed by atoms with van der Waals surface area (Å²) in [6.07, 6.45) is -8.55. The number of aliphatic hydroxyl groups excluding tert-OH is 1. The second-order valence-electron chi connectivity index (χ2n) is 5.90. The van der Waals surface area contributed by atoms with E-state index in [0.29, 0.717) is 4.57 Å². The van der Waals surface area contributed by atoms with Crippen molar-refractivity contribution in [2.75, 3.05) is 7.11 Å². The molecule has 1 atom stereocenters. The number of benzene rings is 2. The first-order valence-electron chi connectivity index (χ1n) is 8.24. The average Bonchev–Trinajstić information content (AvgIpc) is 3.03. The molecule has 3 rings (SSSR count). The zero-order valence-electron chi connectivity index (χ0n) is 15.1. The largest absolute Gasteiger partial charge is 0.574 e. The second kappa shape index (κ2) is 8.25. The van der Waals surface area contributed by atoms with E-state index in [0.717, 1.165) is 6.07 Å². The van der Waals surface area contributed by atoms with Gasteiger partial charge in [-0.1, -0.05) is 35.9 Å². The molecular formula is C19H13ClF3NO6. The Kier molecular flexibility index (Phi) is 5.90. The fourth-order valence-electron chi connectivity index (χ4n) is 2.74. The van der Waals surface area contributed by atoms with Crippen molar-refractivity contribution in [1.82, 2.24) is 4.57 Å². The Bertz CT molecular complexity index is 1110. The molecule has 1 aromatic heterocycles. The summed E-state index contributed by atoms with van der Waals surface area (Å²) in [5, 5.41) is 10.7. The van der Waals surface area contributed by atoms with E-state index in [1.54, 1.807) is 0 Å². The number of halogens is 4. The van der Waals surface area contributed by atoms with Gasteiger partial charge in [0.15, 0.2) is 6.10 Å². The number of hydrogen-bond acceptors (Lipinski definition) is 6. The summed E-state index contributed by atoms with van der Waals surface area (Å²) in [4.78, 5) is 24.8. The van der Waals surface area contributed by atoms with Crippen LogP contribution in [0.1, 0.15) is 11.7 Å². The zero-order valence-corrected chi connectivity index (χ0v) is 15.9. The highest BCUT2D eigenvalue weighted by Crippen LogP contribution is 2.32. The maximum atomic E-state index is 12.7. The molecule has 0 radical (unpaired) electrons. The molecule has 0 fully saturated rings. The molecule has 7 nitrogen and oxygen atoms in total. The summed E-state index contributed by atoms with van der Waals surface area (Å²) >= 11 is 5.82. The van der Waals surface area contributed by atoms with Crippen molar-refractivity contribution in [2.24, 2.45) is 0 Å². The monoisotopic (exact) mass is 443 g/mol. The first-order valence-corrected chi connectivity index (χ1v) is 8.62. The molecule has 0 amide bonds. The van der Waals surface area contributed by atoms with Gasteiger partial charge < -0.3 is 19.3 Å². The first kappa shape index (κ1) is 21.5. The Morgan fingerprint density at radius 2 is 1.83 bits per heavy atom. The average molecular weight is 444 g/mol. The molecule has 11 heteroatoms. The summed E-state index contributed by atoms with van der Waals surface area (Å²) in [6.45, 7) is 0. The molecule has 0 saturated carbocycles. The molecule has 0 aliphatic carbocycles. The third-order valence-electron chi connectivity index (χ3n) is 3.98. The van der Waals surface area contributed by atoms with Crippen LogP contribution >= 0.6 is 11.6 Å². The molecule has 0 bridgehead atoms. The number of aromatic nitrogens is 1. The number of alkyl halides is 3. The number of hydrogen-bond donors (Lipinski definition) is 1. The van der Waals surface area contributed by atoms with Crippen LogP contribution < -0.4 is 9.47 Å². The van der Waals surface area contributed by atoms with Crippen LogP contribution in [0.15, 0.2) is 48.5 Å². The minimum atomic E-state index is -5.09. The molecule has 158 valence electrons. The van der Waals surface area contributed by atoms with Gasteiger partial charge in [-0.25, -0.2) is 14.2 Å². The summed E-state index contributed by atoms with van der Waals surface area (Å²) in [7, 11) is 1.27. The highest BCUT2D eigenvalue weighted by Gasteiger charge is 2.35. The summed E-state index contributed by atoms with van der Waals surface area (Å²) in [6, 6.07) is 10.7. The van der Waals surface area contributed by atoms with Gasteiger partial charge in [-0.15, -0.1) is 13.2 Å². The van der Waals surface area contributed by atoms with Crippen molar-refractivity contribution < 1.29 is 42.1 Å². The summed E-state index contributed by atoms with van der Waals surface area (Å²) in [5.74, 6) is -2.29. The minimum absolute atomic E-state index is 0.00751. The molecule has 3 aromatic rings. The van der Waals surface area contributed by atoms with Crippen molar-refractivity contribution in [3.63, 3.8) is 0 Å². The third kappa shape index (κ3) is 4.50. The Balaban J connectivity index is 1.91. The lowest BCUT2D eigenvalue weighted by atomic mass is 10.1. The molecular weight excluding hydrogens is 431 g/mol. The van der Waals surface area contributed by atoms with Gasteiger partial charge in [-0.2, -0.15) is 0 Å². The molecule has 30 heavy (non-hydrogen) atoms. The number of nitrogens with zero attached hydrogens (tertiary/aromatic N) is 1. The highest BCUT2D eigenvalue weighted by molar-refractivity contribution is 6.30. The van der Waals surface area contributed by atoms with E-state index < -0.39 is 30.4 Å². The predicted octanol–water partition coefficient (Wildman–Crippen LogP) is 4.45. The first-order chi connectivity index (χ1) is 14.1. The zero-order chi connectivity index (χ0) is 22.1. The van der Waals surface area contributed by atoms with E-state index in [9.17, 15) is 27.9 Å². The number of ether oxygens (including phenoxy) is 3. The molecule has 0 saturated heterocycles. The predicted molar refractivity (Wildman–Crippen MR) is 98.5 cm³/mol. The lowest BCUT2D eigenvalue weighted by molar-refractivity contribution is -0.276. The van der Waals surface area contributed by atoms with Crippen LogP contribution in [0.5, 0.6) is 11.6 Å². The van der Waals surface area contributed by atoms with Crippen LogP contribution in [0.3, 0.4) is 0 Å². The molecule has 0 aliphatic heterocycles. The van der Waals surface area contributed by atoms with E-state index in [1.807, 2.05) is 0 Å². The van der Waals surface area contributed by atoms with Crippen LogP contribution in [0.25, 0.3) is 10.9 Å². The van der Waals surface area contributed by atoms with Gasteiger partial charge in [-0.3, -0.25) is 0 Å². The third-order valence-corrected chi connectivity index (χ3v) is 4.22. The SMILES string of the molecule is COc1cc(Cl)ccc1C(O)C(=O)OC(=O)n1c(OC(F)(F)F)cc2ccccc21. The molecule has 1 unspecified atom stereocenters. The van der Waals surface area contributed by atoms with Crippen molar-refractivity contribution >= 4 is 34.6 Å². The Morgan fingerprint density at radius 3 is 2.50 bits per heavy atom. The second-order valence-corrected chi connectivity index (χ2v) is 6.34. The molecule has 0 aliphatic rings. The Morgan fingerprint density at radius 1 is 1.13 bits per heavy atom. The molecule has 1 heterocycles. The molecule has 1 N–H and O–H groups in total. The van der Waals surface area contributed by atoms with Crippen LogP contribution in [-0.2, 0) is 9.53 Å². The van der Waals surface area contributed by atoms with Gasteiger partial charge in [-0.05, 0) is 18.2 Å². The lowest BCUT2D eigenvalue weighted by Gasteiger charge is -2.15. The quantitative estimate of drug-likeness (QED) is 0.473. The smallest absolute Gasteiger partial charge is 0.496 e. The topological polar surface area (TPSA) is 87.0 Å². The van der Waals surface area contributed by atoms with E-state index in [2.05, 4.69) is 9.47 Å². The normalized spacial score (nSPS) is 12.5. The van der Waals surface area contributed by atoms with Crippen LogP contribution in [0, 0.1) is 0 Å². The van der Waals surface area contributed by atoms with Crippen molar-refractivity contribution in [1.29, 1.82) is 0 Å². The van der Waals surface area contributed by atoms with E-state index in [4.69, 9.17) is 16.3 Å². The highest BCUT2D eigenvalue weighted by atomic mass is 35.5. The van der Waals surface area contributed by atoms with Gasteiger partial charge in [0.1, 0.15) is 5.75 Å². The maximum Gasteiger partial charge on any atom is 0.574 e. The van der Waals surface area contributed by atoms with Gasteiger partial charge in [0.25, 0.3) is 0 Å². The minimum Gasteiger partial charge on any atom is -0.496 e. The number of fused-ring (bicyclic) bond motifs is 1. The number of methoxy groups -OCH3 is 1. The maximum absolute atomic E-state index is 12.7. The van der Waals surface area contributed by atoms with Crippen molar-refractivity contribution in [3.8, 4) is 11.6 Å². The van der Waals surface area contributed by atoms with Crippen LogP contribution in [-0.4, -0.2) is 35.2 Å². The van der Waals surface area contributed by atoms with Gasteiger partial charge >= 0.3 is 18.4 Å². The van der Waals surface area contributed by atoms with Crippen molar-refractivity contribution in [2.45, 2.75) is 12.5 Å². The van der Waals surface area contributed by atoms with E-state index in [-0.39, 0.29) is 27.2 Å². The number of esters is 1. The molecule has 2 aromatic carbocycles. The number of carbonyl (C=O) groups is 2. The summed E-state index contributed by atoms with van der Waals surface area (Å²) < 4.78 is 52.1. The molecule has 0 spiro atoms. The van der Waals surface area contributed by atoms with Gasteiger partial charge in [0.2, 0.25) is 5.88 Å². The van der Waals surface area contributed by atoms with Gasteiger partial charge in [0, 0.05) is 22.0 Å². The fourth-order valence-corrected chi connectivity index (χ4v) is 2.90.